The van der Waals surface area contributed by atoms with Crippen LogP contribution in [0.1, 0.15) is 65.4 Å². The zero-order valence-electron chi connectivity index (χ0n) is 22.4. The second-order valence-corrected chi connectivity index (χ2v) is 10.2. The topological polar surface area (TPSA) is 87.9 Å². The zero-order chi connectivity index (χ0) is 28.3. The first-order valence-electron chi connectivity index (χ1n) is 13.0. The summed E-state index contributed by atoms with van der Waals surface area (Å²) in [5, 5.41) is 10.1. The lowest BCUT2D eigenvalue weighted by molar-refractivity contribution is -0.765. The summed E-state index contributed by atoms with van der Waals surface area (Å²) in [6.45, 7) is 7.66. The van der Waals surface area contributed by atoms with E-state index < -0.39 is 22.9 Å². The number of benzene rings is 1. The summed E-state index contributed by atoms with van der Waals surface area (Å²) in [4.78, 5) is 27.4. The van der Waals surface area contributed by atoms with E-state index in [-0.39, 0.29) is 30.3 Å². The molecule has 0 aromatic heterocycles. The SMILES string of the molecule is CC(C)OC(=O)CCC/C=C\C[C@@H]1[C@@H](/C=C/[C@H](COc2cccc(C(F)(F)F)c2)O[N+](=O)[O-])[C@H](C)C[C@@H]1C. The van der Waals surface area contributed by atoms with Gasteiger partial charge >= 0.3 is 12.1 Å². The third kappa shape index (κ3) is 10.8. The molecule has 0 aliphatic heterocycles. The van der Waals surface area contributed by atoms with Gasteiger partial charge in [-0.3, -0.25) is 4.79 Å². The van der Waals surface area contributed by atoms with Crippen LogP contribution in [0.25, 0.3) is 0 Å². The van der Waals surface area contributed by atoms with Crippen molar-refractivity contribution < 1.29 is 37.4 Å². The minimum atomic E-state index is -4.52. The van der Waals surface area contributed by atoms with E-state index >= 15 is 0 Å². The van der Waals surface area contributed by atoms with Crippen LogP contribution in [-0.2, 0) is 20.5 Å². The largest absolute Gasteiger partial charge is 0.491 e. The Hall–Kier alpha value is -3.04. The van der Waals surface area contributed by atoms with Crippen molar-refractivity contribution in [3.8, 4) is 5.75 Å². The average Bonchev–Trinajstić information content (AvgIpc) is 3.08. The van der Waals surface area contributed by atoms with Gasteiger partial charge in [0.05, 0.1) is 11.7 Å². The quantitative estimate of drug-likeness (QED) is 0.0814. The Morgan fingerprint density at radius 3 is 2.61 bits per heavy atom. The molecule has 5 atom stereocenters. The van der Waals surface area contributed by atoms with Crippen LogP contribution in [0.3, 0.4) is 0 Å². The Bertz CT molecular complexity index is 962. The predicted octanol–water partition coefficient (Wildman–Crippen LogP) is 7.19. The molecule has 1 fully saturated rings. The number of hydrogen-bond donors (Lipinski definition) is 0. The minimum absolute atomic E-state index is 0.0477. The molecule has 212 valence electrons. The Morgan fingerprint density at radius 1 is 1.21 bits per heavy atom. The monoisotopic (exact) mass is 541 g/mol. The van der Waals surface area contributed by atoms with Crippen molar-refractivity contribution in [3.05, 3.63) is 64.2 Å². The molecule has 1 aromatic carbocycles. The lowest BCUT2D eigenvalue weighted by Gasteiger charge is -2.21. The third-order valence-electron chi connectivity index (χ3n) is 6.66. The van der Waals surface area contributed by atoms with E-state index in [0.29, 0.717) is 30.6 Å². The van der Waals surface area contributed by atoms with Gasteiger partial charge in [-0.15, -0.1) is 10.1 Å². The third-order valence-corrected chi connectivity index (χ3v) is 6.66. The zero-order valence-corrected chi connectivity index (χ0v) is 22.4. The van der Waals surface area contributed by atoms with Crippen LogP contribution >= 0.6 is 0 Å². The van der Waals surface area contributed by atoms with Crippen LogP contribution in [0.4, 0.5) is 13.2 Å². The fourth-order valence-electron chi connectivity index (χ4n) is 4.92. The number of hydrogen-bond acceptors (Lipinski definition) is 6. The number of esters is 1. The Kier molecular flexibility index (Phi) is 12.1. The molecule has 2 rings (SSSR count). The van der Waals surface area contributed by atoms with Crippen molar-refractivity contribution in [2.24, 2.45) is 23.7 Å². The van der Waals surface area contributed by atoms with Crippen LogP contribution in [-0.4, -0.2) is 29.9 Å². The standard InChI is InChI=1S/C28H38F3NO6/c1-19(2)37-27(33)13-8-6-5-7-12-25-20(3)16-21(4)26(25)15-14-24(38-32(34)35)18-36-23-11-9-10-22(17-23)28(29,30)31/h5,7,9-11,14-15,17,19-21,24-26H,6,8,12-13,16,18H2,1-4H3/b7-5-,15-14+/t20-,21+,24+,25-,26-/m0/s1. The van der Waals surface area contributed by atoms with Gasteiger partial charge in [0, 0.05) is 6.42 Å². The van der Waals surface area contributed by atoms with Gasteiger partial charge in [0.2, 0.25) is 0 Å². The van der Waals surface area contributed by atoms with E-state index in [1.54, 1.807) is 6.08 Å². The highest BCUT2D eigenvalue weighted by Gasteiger charge is 2.36. The molecule has 0 amide bonds. The molecule has 1 aliphatic carbocycles. The molecule has 0 saturated heterocycles. The lowest BCUT2D eigenvalue weighted by Crippen LogP contribution is -2.23. The minimum Gasteiger partial charge on any atom is -0.491 e. The summed E-state index contributed by atoms with van der Waals surface area (Å²) in [5.74, 6) is 1.03. The van der Waals surface area contributed by atoms with Gasteiger partial charge in [0.15, 0.2) is 6.10 Å². The number of carbonyl (C=O) groups is 1. The molecule has 1 saturated carbocycles. The summed E-state index contributed by atoms with van der Waals surface area (Å²) in [6, 6.07) is 4.35. The lowest BCUT2D eigenvalue weighted by atomic mass is 9.84. The van der Waals surface area contributed by atoms with Gasteiger partial charge < -0.3 is 14.3 Å². The molecule has 0 spiro atoms. The molecule has 0 N–H and O–H groups in total. The summed E-state index contributed by atoms with van der Waals surface area (Å²) >= 11 is 0. The number of unbranched alkanes of at least 4 members (excludes halogenated alkanes) is 1. The number of nitrogens with zero attached hydrogens (tertiary/aromatic N) is 1. The number of carbonyl (C=O) groups excluding carboxylic acids is 1. The smallest absolute Gasteiger partial charge is 0.416 e. The number of alkyl halides is 3. The molecule has 1 aromatic rings. The average molecular weight is 542 g/mol. The van der Waals surface area contributed by atoms with Gasteiger partial charge in [-0.1, -0.05) is 44.2 Å². The molecule has 0 radical (unpaired) electrons. The van der Waals surface area contributed by atoms with Crippen LogP contribution in [0.2, 0.25) is 0 Å². The van der Waals surface area contributed by atoms with Crippen molar-refractivity contribution in [1.82, 2.24) is 0 Å². The summed E-state index contributed by atoms with van der Waals surface area (Å²) < 4.78 is 49.4. The molecule has 7 nitrogen and oxygen atoms in total. The fraction of sp³-hybridized carbons (Fsp3) is 0.607. The van der Waals surface area contributed by atoms with Crippen molar-refractivity contribution in [2.45, 2.75) is 78.2 Å². The highest BCUT2D eigenvalue weighted by Crippen LogP contribution is 2.44. The number of rotatable bonds is 14. The maximum Gasteiger partial charge on any atom is 0.416 e. The van der Waals surface area contributed by atoms with Crippen molar-refractivity contribution >= 4 is 5.97 Å². The van der Waals surface area contributed by atoms with E-state index in [4.69, 9.17) is 14.3 Å². The van der Waals surface area contributed by atoms with Gasteiger partial charge in [0.25, 0.3) is 5.09 Å². The van der Waals surface area contributed by atoms with Crippen LogP contribution in [0, 0.1) is 33.8 Å². The van der Waals surface area contributed by atoms with Gasteiger partial charge in [-0.2, -0.15) is 13.2 Å². The van der Waals surface area contributed by atoms with Gasteiger partial charge in [-0.05, 0) is 81.4 Å². The second-order valence-electron chi connectivity index (χ2n) is 10.2. The first kappa shape index (κ1) is 31.2. The van der Waals surface area contributed by atoms with E-state index in [0.717, 1.165) is 31.4 Å². The van der Waals surface area contributed by atoms with Crippen LogP contribution in [0.15, 0.2) is 48.6 Å². The van der Waals surface area contributed by atoms with Gasteiger partial charge in [0.1, 0.15) is 12.4 Å². The second kappa shape index (κ2) is 14.8. The normalized spacial score (nSPS) is 22.7. The Balaban J connectivity index is 1.96. The highest BCUT2D eigenvalue weighted by molar-refractivity contribution is 5.69. The summed E-state index contributed by atoms with van der Waals surface area (Å²) in [5.41, 5.74) is -0.863. The number of halogens is 3. The molecule has 38 heavy (non-hydrogen) atoms. The number of ether oxygens (including phenoxy) is 2. The van der Waals surface area contributed by atoms with E-state index in [1.807, 2.05) is 19.9 Å². The maximum absolute atomic E-state index is 13.0. The fourth-order valence-corrected chi connectivity index (χ4v) is 4.92. The van der Waals surface area contributed by atoms with E-state index in [2.05, 4.69) is 26.0 Å². The molecule has 0 heterocycles. The molecular weight excluding hydrogens is 503 g/mol. The first-order valence-corrected chi connectivity index (χ1v) is 13.0. The van der Waals surface area contributed by atoms with Crippen molar-refractivity contribution in [1.29, 1.82) is 0 Å². The Labute approximate surface area is 222 Å². The van der Waals surface area contributed by atoms with Crippen LogP contribution in [0.5, 0.6) is 5.75 Å². The summed E-state index contributed by atoms with van der Waals surface area (Å²) in [7, 11) is 0. The highest BCUT2D eigenvalue weighted by atomic mass is 19.4. The number of allylic oxidation sites excluding steroid dienone is 3. The summed E-state index contributed by atoms with van der Waals surface area (Å²) in [6.07, 6.45) is 5.69. The van der Waals surface area contributed by atoms with Crippen molar-refractivity contribution in [3.63, 3.8) is 0 Å². The predicted molar refractivity (Wildman–Crippen MR) is 137 cm³/mol. The first-order chi connectivity index (χ1) is 17.9. The molecule has 1 aliphatic rings. The maximum atomic E-state index is 13.0. The van der Waals surface area contributed by atoms with Crippen LogP contribution < -0.4 is 4.74 Å². The van der Waals surface area contributed by atoms with Crippen molar-refractivity contribution in [2.75, 3.05) is 6.61 Å². The van der Waals surface area contributed by atoms with Gasteiger partial charge in [-0.25, -0.2) is 0 Å². The van der Waals surface area contributed by atoms with E-state index in [9.17, 15) is 28.1 Å². The molecule has 10 heteroatoms. The molecule has 0 bridgehead atoms. The van der Waals surface area contributed by atoms with E-state index in [1.165, 1.54) is 12.1 Å². The molecule has 0 unspecified atom stereocenters. The Morgan fingerprint density at radius 2 is 1.95 bits per heavy atom. The molecular formula is C28H38F3NO6.